The summed E-state index contributed by atoms with van der Waals surface area (Å²) in [6, 6.07) is 6.04. The van der Waals surface area contributed by atoms with Gasteiger partial charge < -0.3 is 15.5 Å². The fourth-order valence-electron chi connectivity index (χ4n) is 2.36. The van der Waals surface area contributed by atoms with Gasteiger partial charge in [0.25, 0.3) is 0 Å². The first kappa shape index (κ1) is 12.6. The molecule has 0 aliphatic carbocycles. The molecule has 2 N–H and O–H groups in total. The SMILES string of the molecule is CN1CCN(c2nc(N)nc3cc(Br)ccc23)CC1. The monoisotopic (exact) mass is 321 g/mol. The first-order valence-corrected chi connectivity index (χ1v) is 7.09. The van der Waals surface area contributed by atoms with Gasteiger partial charge in [0.1, 0.15) is 5.82 Å². The number of aromatic nitrogens is 2. The fraction of sp³-hybridized carbons (Fsp3) is 0.385. The molecule has 0 amide bonds. The molecule has 1 saturated heterocycles. The number of anilines is 2. The van der Waals surface area contributed by atoms with Gasteiger partial charge >= 0.3 is 0 Å². The van der Waals surface area contributed by atoms with Gasteiger partial charge in [-0.15, -0.1) is 0 Å². The Balaban J connectivity index is 2.07. The van der Waals surface area contributed by atoms with Crippen molar-refractivity contribution in [3.63, 3.8) is 0 Å². The van der Waals surface area contributed by atoms with Gasteiger partial charge in [-0.05, 0) is 25.2 Å². The molecule has 1 aliphatic heterocycles. The zero-order valence-corrected chi connectivity index (χ0v) is 12.4. The van der Waals surface area contributed by atoms with Crippen LogP contribution in [0.3, 0.4) is 0 Å². The zero-order valence-electron chi connectivity index (χ0n) is 10.8. The van der Waals surface area contributed by atoms with Crippen LogP contribution in [0.1, 0.15) is 0 Å². The quantitative estimate of drug-likeness (QED) is 0.866. The number of piperazine rings is 1. The maximum absolute atomic E-state index is 5.83. The lowest BCUT2D eigenvalue weighted by Crippen LogP contribution is -2.45. The van der Waals surface area contributed by atoms with Crippen LogP contribution in [0.5, 0.6) is 0 Å². The lowest BCUT2D eigenvalue weighted by molar-refractivity contribution is 0.312. The van der Waals surface area contributed by atoms with Crippen molar-refractivity contribution in [2.45, 2.75) is 0 Å². The molecule has 1 aromatic heterocycles. The molecule has 0 unspecified atom stereocenters. The molecule has 2 heterocycles. The summed E-state index contributed by atoms with van der Waals surface area (Å²) in [6.07, 6.45) is 0. The van der Waals surface area contributed by atoms with Crippen LogP contribution >= 0.6 is 15.9 Å². The zero-order chi connectivity index (χ0) is 13.4. The van der Waals surface area contributed by atoms with Crippen molar-refractivity contribution < 1.29 is 0 Å². The molecule has 0 spiro atoms. The highest BCUT2D eigenvalue weighted by Gasteiger charge is 2.18. The summed E-state index contributed by atoms with van der Waals surface area (Å²) in [7, 11) is 2.14. The predicted molar refractivity (Wildman–Crippen MR) is 81.4 cm³/mol. The van der Waals surface area contributed by atoms with Crippen LogP contribution in [0.4, 0.5) is 11.8 Å². The van der Waals surface area contributed by atoms with Crippen molar-refractivity contribution in [1.29, 1.82) is 0 Å². The minimum Gasteiger partial charge on any atom is -0.368 e. The minimum absolute atomic E-state index is 0.333. The summed E-state index contributed by atoms with van der Waals surface area (Å²) < 4.78 is 1.00. The first-order valence-electron chi connectivity index (χ1n) is 6.30. The van der Waals surface area contributed by atoms with E-state index in [1.165, 1.54) is 0 Å². The summed E-state index contributed by atoms with van der Waals surface area (Å²) >= 11 is 3.46. The minimum atomic E-state index is 0.333. The van der Waals surface area contributed by atoms with Crippen molar-refractivity contribution in [3.8, 4) is 0 Å². The number of hydrogen-bond acceptors (Lipinski definition) is 5. The number of fused-ring (bicyclic) bond motifs is 1. The Labute approximate surface area is 120 Å². The Hall–Kier alpha value is -1.40. The van der Waals surface area contributed by atoms with Gasteiger partial charge in [0.2, 0.25) is 5.95 Å². The molecule has 1 fully saturated rings. The van der Waals surface area contributed by atoms with E-state index in [4.69, 9.17) is 5.73 Å². The van der Waals surface area contributed by atoms with Crippen molar-refractivity contribution in [3.05, 3.63) is 22.7 Å². The van der Waals surface area contributed by atoms with Crippen LogP contribution < -0.4 is 10.6 Å². The molecule has 6 heteroatoms. The Kier molecular flexibility index (Phi) is 3.28. The Morgan fingerprint density at radius 1 is 1.16 bits per heavy atom. The van der Waals surface area contributed by atoms with Crippen LogP contribution in [0.25, 0.3) is 10.9 Å². The Morgan fingerprint density at radius 2 is 1.89 bits per heavy atom. The lowest BCUT2D eigenvalue weighted by Gasteiger charge is -2.33. The van der Waals surface area contributed by atoms with E-state index in [-0.39, 0.29) is 0 Å². The summed E-state index contributed by atoms with van der Waals surface area (Å²) in [6.45, 7) is 4.03. The van der Waals surface area contributed by atoms with Gasteiger partial charge in [-0.2, -0.15) is 4.98 Å². The van der Waals surface area contributed by atoms with E-state index < -0.39 is 0 Å². The molecule has 5 nitrogen and oxygen atoms in total. The molecule has 3 rings (SSSR count). The highest BCUT2D eigenvalue weighted by Crippen LogP contribution is 2.27. The highest BCUT2D eigenvalue weighted by atomic mass is 79.9. The van der Waals surface area contributed by atoms with Gasteiger partial charge in [-0.25, -0.2) is 4.98 Å². The van der Waals surface area contributed by atoms with Crippen LogP contribution in [0.2, 0.25) is 0 Å². The van der Waals surface area contributed by atoms with Gasteiger partial charge in [0, 0.05) is 36.0 Å². The maximum Gasteiger partial charge on any atom is 0.222 e. The van der Waals surface area contributed by atoms with E-state index in [0.29, 0.717) is 5.95 Å². The summed E-state index contributed by atoms with van der Waals surface area (Å²) in [5.74, 6) is 1.28. The van der Waals surface area contributed by atoms with Crippen molar-refractivity contribution in [2.24, 2.45) is 0 Å². The van der Waals surface area contributed by atoms with Crippen LogP contribution in [0, 0.1) is 0 Å². The van der Waals surface area contributed by atoms with E-state index in [9.17, 15) is 0 Å². The van der Waals surface area contributed by atoms with Crippen molar-refractivity contribution >= 4 is 38.6 Å². The lowest BCUT2D eigenvalue weighted by atomic mass is 10.2. The standard InChI is InChI=1S/C13H16BrN5/c1-18-4-6-19(7-5-18)12-10-3-2-9(14)8-11(10)16-13(15)17-12/h2-3,8H,4-7H2,1H3,(H2,15,16,17). The van der Waals surface area contributed by atoms with Gasteiger partial charge in [-0.3, -0.25) is 0 Å². The molecule has 0 radical (unpaired) electrons. The number of nitrogen functional groups attached to an aromatic ring is 1. The average Bonchev–Trinajstić information content (AvgIpc) is 2.38. The molecule has 0 saturated carbocycles. The van der Waals surface area contributed by atoms with E-state index in [0.717, 1.165) is 47.4 Å². The van der Waals surface area contributed by atoms with Gasteiger partial charge in [-0.1, -0.05) is 15.9 Å². The molecule has 0 bridgehead atoms. The number of rotatable bonds is 1. The number of nitrogens with zero attached hydrogens (tertiary/aromatic N) is 4. The summed E-state index contributed by atoms with van der Waals surface area (Å²) in [5, 5.41) is 1.06. The van der Waals surface area contributed by atoms with Crippen LogP contribution in [-0.4, -0.2) is 48.1 Å². The average molecular weight is 322 g/mol. The number of likely N-dealkylation sites (N-methyl/N-ethyl adjacent to an activating group) is 1. The van der Waals surface area contributed by atoms with Crippen LogP contribution in [0.15, 0.2) is 22.7 Å². The summed E-state index contributed by atoms with van der Waals surface area (Å²) in [5.41, 5.74) is 6.72. The van der Waals surface area contributed by atoms with Gasteiger partial charge in [0.05, 0.1) is 5.52 Å². The molecule has 19 heavy (non-hydrogen) atoms. The van der Waals surface area contributed by atoms with E-state index in [1.807, 2.05) is 18.2 Å². The fourth-order valence-corrected chi connectivity index (χ4v) is 2.71. The maximum atomic E-state index is 5.83. The molecule has 1 aromatic carbocycles. The van der Waals surface area contributed by atoms with Crippen molar-refractivity contribution in [2.75, 3.05) is 43.9 Å². The van der Waals surface area contributed by atoms with E-state index in [2.05, 4.69) is 42.7 Å². The largest absolute Gasteiger partial charge is 0.368 e. The summed E-state index contributed by atoms with van der Waals surface area (Å²) in [4.78, 5) is 13.4. The van der Waals surface area contributed by atoms with E-state index in [1.54, 1.807) is 0 Å². The highest BCUT2D eigenvalue weighted by molar-refractivity contribution is 9.10. The number of halogens is 1. The molecular weight excluding hydrogens is 306 g/mol. The third-order valence-corrected chi connectivity index (χ3v) is 3.95. The third-order valence-electron chi connectivity index (χ3n) is 3.46. The van der Waals surface area contributed by atoms with E-state index >= 15 is 0 Å². The second kappa shape index (κ2) is 4.94. The number of hydrogen-bond donors (Lipinski definition) is 1. The molecule has 2 aromatic rings. The Bertz CT molecular complexity index is 602. The predicted octanol–water partition coefficient (Wildman–Crippen LogP) is 1.73. The van der Waals surface area contributed by atoms with Crippen LogP contribution in [-0.2, 0) is 0 Å². The third kappa shape index (κ3) is 2.50. The first-order chi connectivity index (χ1) is 9.13. The second-order valence-electron chi connectivity index (χ2n) is 4.86. The molecule has 100 valence electrons. The smallest absolute Gasteiger partial charge is 0.222 e. The number of nitrogens with two attached hydrogens (primary N) is 1. The van der Waals surface area contributed by atoms with Crippen molar-refractivity contribution in [1.82, 2.24) is 14.9 Å². The normalized spacial score (nSPS) is 17.1. The van der Waals surface area contributed by atoms with Gasteiger partial charge in [0.15, 0.2) is 0 Å². The Morgan fingerprint density at radius 3 is 2.63 bits per heavy atom. The second-order valence-corrected chi connectivity index (χ2v) is 5.77. The topological polar surface area (TPSA) is 58.3 Å². The molecular formula is C13H16BrN5. The molecule has 1 aliphatic rings. The molecule has 0 atom stereocenters. The number of benzene rings is 1.